The Balaban J connectivity index is 0.00000116. The van der Waals surface area contributed by atoms with Crippen molar-refractivity contribution in [1.82, 2.24) is 0 Å². The molecule has 0 atom stereocenters. The second kappa shape index (κ2) is 10.5. The van der Waals surface area contributed by atoms with Crippen molar-refractivity contribution in [3.63, 3.8) is 0 Å². The molecular weight excluding hydrogens is 319 g/mol. The molecule has 0 heterocycles. The van der Waals surface area contributed by atoms with E-state index in [9.17, 15) is 10.2 Å². The van der Waals surface area contributed by atoms with Crippen molar-refractivity contribution in [1.29, 1.82) is 0 Å². The first-order valence-corrected chi connectivity index (χ1v) is 7.04. The van der Waals surface area contributed by atoms with Crippen LogP contribution in [0.25, 0.3) is 0 Å². The van der Waals surface area contributed by atoms with E-state index in [1.165, 1.54) is 12.1 Å². The first kappa shape index (κ1) is 17.8. The fourth-order valence-electron chi connectivity index (χ4n) is 1.62. The Morgan fingerprint density at radius 3 is 1.50 bits per heavy atom. The van der Waals surface area contributed by atoms with Gasteiger partial charge in [-0.25, -0.2) is 0 Å². The van der Waals surface area contributed by atoms with Crippen LogP contribution in [0, 0.1) is 0 Å². The first-order valence-electron chi connectivity index (χ1n) is 6.47. The number of aliphatic imine (C=N–C) groups is 2. The third kappa shape index (κ3) is 6.03. The summed E-state index contributed by atoms with van der Waals surface area (Å²) in [6.07, 6.45) is 3.11. The fraction of sp³-hybridized carbons (Fsp3) is 0.125. The van der Waals surface area contributed by atoms with Gasteiger partial charge in [-0.3, -0.25) is 9.98 Å². The van der Waals surface area contributed by atoms with Crippen LogP contribution in [0.15, 0.2) is 58.5 Å². The molecule has 0 N–H and O–H groups in total. The van der Waals surface area contributed by atoms with Crippen molar-refractivity contribution < 1.29 is 31.3 Å². The summed E-state index contributed by atoms with van der Waals surface area (Å²) < 4.78 is 8.19. The Morgan fingerprint density at radius 1 is 0.773 bits per heavy atom. The average Bonchev–Trinajstić information content (AvgIpc) is 2.56. The Kier molecular flexibility index (Phi) is 8.49. The van der Waals surface area contributed by atoms with E-state index in [2.05, 4.69) is 9.98 Å². The molecule has 0 amide bonds. The first-order chi connectivity index (χ1) is 10.8. The van der Waals surface area contributed by atoms with E-state index >= 15 is 0 Å². The van der Waals surface area contributed by atoms with Gasteiger partial charge in [0.2, 0.25) is 0 Å². The van der Waals surface area contributed by atoms with Gasteiger partial charge in [-0.05, 0) is 11.1 Å². The molecule has 0 saturated heterocycles. The Bertz CT molecular complexity index is 589. The summed E-state index contributed by atoms with van der Waals surface area (Å²) in [5.41, 5.74) is 1.14. The molecule has 0 bridgehead atoms. The molecule has 0 radical (unpaired) electrons. The maximum absolute atomic E-state index is 11.4. The van der Waals surface area contributed by atoms with E-state index in [0.717, 1.165) is 17.4 Å². The number of hydrogen-bond donors (Lipinski definition) is 0. The van der Waals surface area contributed by atoms with Crippen LogP contribution in [0.4, 0.5) is 0 Å². The summed E-state index contributed by atoms with van der Waals surface area (Å²) >= 11 is 1.06. The van der Waals surface area contributed by atoms with Crippen LogP contribution in [0.2, 0.25) is 0 Å². The summed E-state index contributed by atoms with van der Waals surface area (Å²) in [7, 11) is 0. The summed E-state index contributed by atoms with van der Waals surface area (Å²) in [5.74, 6) is -0.0833. The molecule has 6 heteroatoms. The topological polar surface area (TPSA) is 87.9 Å². The van der Waals surface area contributed by atoms with Crippen molar-refractivity contribution in [2.75, 3.05) is 13.1 Å². The van der Waals surface area contributed by atoms with Crippen LogP contribution in [0.3, 0.4) is 0 Å². The third-order valence-electron chi connectivity index (χ3n) is 2.66. The maximum atomic E-state index is 11.4. The van der Waals surface area contributed by atoms with Crippen molar-refractivity contribution in [2.24, 2.45) is 9.98 Å². The molecule has 0 aromatic heterocycles. The van der Waals surface area contributed by atoms with Gasteiger partial charge in [0.25, 0.3) is 0 Å². The molecule has 5 nitrogen and oxygen atoms in total. The van der Waals surface area contributed by atoms with Crippen LogP contribution < -0.4 is 10.2 Å². The normalized spacial score (nSPS) is 10.6. The molecule has 22 heavy (non-hydrogen) atoms. The quantitative estimate of drug-likeness (QED) is 0.609. The molecule has 0 aliphatic rings. The Labute approximate surface area is 138 Å². The van der Waals surface area contributed by atoms with Crippen LogP contribution in [-0.4, -0.2) is 25.5 Å². The van der Waals surface area contributed by atoms with E-state index < -0.39 is 0 Å². The van der Waals surface area contributed by atoms with Crippen LogP contribution in [0.5, 0.6) is 11.5 Å². The number of nitrogens with zero attached hydrogens (tertiary/aromatic N) is 2. The Morgan fingerprint density at radius 2 is 1.14 bits per heavy atom. The van der Waals surface area contributed by atoms with Gasteiger partial charge < -0.3 is 10.2 Å². The molecule has 2 aromatic rings. The van der Waals surface area contributed by atoms with Gasteiger partial charge >= 0.3 is 21.0 Å². The number of para-hydroxylation sites is 2. The average molecular weight is 333 g/mol. The molecule has 0 aliphatic carbocycles. The molecule has 0 fully saturated rings. The van der Waals surface area contributed by atoms with Crippen LogP contribution in [-0.2, 0) is 21.0 Å². The van der Waals surface area contributed by atoms with Crippen molar-refractivity contribution in [3.05, 3.63) is 59.7 Å². The summed E-state index contributed by atoms with van der Waals surface area (Å²) in [5, 5.41) is 22.8. The van der Waals surface area contributed by atoms with Gasteiger partial charge in [-0.2, -0.15) is 0 Å². The molecule has 0 aliphatic heterocycles. The van der Waals surface area contributed by atoms with E-state index in [-0.39, 0.29) is 11.5 Å². The number of rotatable bonds is 5. The molecule has 2 rings (SSSR count). The Hall–Kier alpha value is -2.24. The van der Waals surface area contributed by atoms with Crippen molar-refractivity contribution >= 4 is 12.4 Å². The molecule has 0 saturated carbocycles. The summed E-state index contributed by atoms with van der Waals surface area (Å²) in [4.78, 5) is 8.28. The SMILES string of the molecule is [O-]c1ccccc1C=NCCN=Cc1ccccc1[O-].[O]=[V+2]. The summed E-state index contributed by atoms with van der Waals surface area (Å²) in [6, 6.07) is 13.5. The van der Waals surface area contributed by atoms with E-state index in [1.807, 2.05) is 0 Å². The van der Waals surface area contributed by atoms with Gasteiger partial charge in [0.1, 0.15) is 0 Å². The monoisotopic (exact) mass is 333 g/mol. The standard InChI is InChI=1S/C16H16N2O2.O.V/c19-15-7-3-1-5-13(15)11-17-9-10-18-12-14-6-2-4-8-16(14)20;;/h1-8,11-12,19-20H,9-10H2;;/q;;+2/p-2. The molecule has 0 spiro atoms. The minimum absolute atomic E-state index is 0.0416. The van der Waals surface area contributed by atoms with Gasteiger partial charge in [-0.15, -0.1) is 11.5 Å². The van der Waals surface area contributed by atoms with E-state index in [1.54, 1.807) is 48.8 Å². The zero-order valence-electron chi connectivity index (χ0n) is 11.8. The van der Waals surface area contributed by atoms with Gasteiger partial charge in [0.15, 0.2) is 0 Å². The molecular formula is C16H14N2O3V. The second-order valence-corrected chi connectivity index (χ2v) is 4.15. The van der Waals surface area contributed by atoms with Crippen LogP contribution >= 0.6 is 0 Å². The summed E-state index contributed by atoms with van der Waals surface area (Å²) in [6.45, 7) is 0.956. The van der Waals surface area contributed by atoms with Gasteiger partial charge in [-0.1, -0.05) is 48.5 Å². The number of benzene rings is 2. The zero-order chi connectivity index (χ0) is 16.2. The molecule has 0 unspecified atom stereocenters. The second-order valence-electron chi connectivity index (χ2n) is 4.15. The fourth-order valence-corrected chi connectivity index (χ4v) is 1.62. The van der Waals surface area contributed by atoms with E-state index in [0.29, 0.717) is 24.2 Å². The van der Waals surface area contributed by atoms with Crippen LogP contribution in [0.1, 0.15) is 11.1 Å². The predicted molar refractivity (Wildman–Crippen MR) is 77.4 cm³/mol. The molecule has 111 valence electrons. The van der Waals surface area contributed by atoms with Crippen molar-refractivity contribution in [2.45, 2.75) is 0 Å². The third-order valence-corrected chi connectivity index (χ3v) is 2.66. The predicted octanol–water partition coefficient (Wildman–Crippen LogP) is 1.25. The van der Waals surface area contributed by atoms with Crippen molar-refractivity contribution in [3.8, 4) is 11.5 Å². The van der Waals surface area contributed by atoms with Gasteiger partial charge in [0, 0.05) is 12.4 Å². The minimum atomic E-state index is -0.0416. The number of hydrogen-bond acceptors (Lipinski definition) is 5. The van der Waals surface area contributed by atoms with Gasteiger partial charge in [0.05, 0.1) is 13.1 Å². The molecule has 2 aromatic carbocycles. The zero-order valence-corrected chi connectivity index (χ0v) is 13.2. The van der Waals surface area contributed by atoms with E-state index in [4.69, 9.17) is 3.67 Å².